The number of imidazole rings is 1. The first-order chi connectivity index (χ1) is 23.6. The van der Waals surface area contributed by atoms with Crippen LogP contribution < -0.4 is 9.64 Å². The van der Waals surface area contributed by atoms with Crippen LogP contribution in [0, 0.1) is 28.3 Å². The maximum atomic E-state index is 6.61. The van der Waals surface area contributed by atoms with Crippen LogP contribution in [-0.2, 0) is 42.6 Å². The third kappa shape index (κ3) is 4.48. The minimum Gasteiger partial charge on any atom is -0.0582 e. The van der Waals surface area contributed by atoms with Gasteiger partial charge in [-0.05, 0) is 45.9 Å². The number of benzene rings is 4. The molecular formula is C44H44N4OPt-2. The number of aryl methyl sites for hydroxylation is 2. The summed E-state index contributed by atoms with van der Waals surface area (Å²) in [6, 6.07) is 35.2. The van der Waals surface area contributed by atoms with E-state index >= 15 is 0 Å². The van der Waals surface area contributed by atoms with Gasteiger partial charge in [0.05, 0.1) is 0 Å². The Balaban J connectivity index is 1.28. The molecule has 0 radical (unpaired) electrons. The summed E-state index contributed by atoms with van der Waals surface area (Å²) in [5.74, 6) is 2.15. The summed E-state index contributed by atoms with van der Waals surface area (Å²) < 4.78 is 12.1. The minimum absolute atomic E-state index is 0.000913. The molecule has 6 aromatic rings. The van der Waals surface area contributed by atoms with Gasteiger partial charge in [-0.2, -0.15) is 0 Å². The van der Waals surface area contributed by atoms with Gasteiger partial charge < -0.3 is 0 Å². The van der Waals surface area contributed by atoms with Crippen LogP contribution >= 0.6 is 0 Å². The maximum absolute atomic E-state index is 6.61. The quantitative estimate of drug-likeness (QED) is 0.166. The Hall–Kier alpha value is -4.21. The van der Waals surface area contributed by atoms with E-state index < -0.39 is 0 Å². The van der Waals surface area contributed by atoms with Crippen LogP contribution in [0.4, 0.5) is 17.2 Å². The SMILES string of the molecule is Cc1ccnc(N2c3[c-]c(Oc4[c-]c(-n5[c](=[Pt])n(C)c6ccccc65)ccc4)ccc3C(C)(C)c3cc4c(cc32)C(C)(C)C(C)(C)C4(C)C)c1. The Labute approximate surface area is 307 Å². The summed E-state index contributed by atoms with van der Waals surface area (Å²) in [6.45, 7) is 21.3. The average molecular weight is 840 g/mol. The Morgan fingerprint density at radius 2 is 1.38 bits per heavy atom. The third-order valence-electron chi connectivity index (χ3n) is 12.6. The summed E-state index contributed by atoms with van der Waals surface area (Å²) in [5, 5.41) is 0. The van der Waals surface area contributed by atoms with Crippen LogP contribution in [0.15, 0.2) is 85.1 Å². The van der Waals surface area contributed by atoms with Crippen molar-refractivity contribution < 1.29 is 24.1 Å². The fraction of sp³-hybridized carbons (Fsp3) is 0.318. The molecule has 0 bridgehead atoms. The molecule has 1 aliphatic heterocycles. The molecule has 0 saturated carbocycles. The van der Waals surface area contributed by atoms with Gasteiger partial charge in [0.1, 0.15) is 0 Å². The molecule has 2 aromatic heterocycles. The number of ether oxygens (including phenoxy) is 1. The van der Waals surface area contributed by atoms with Gasteiger partial charge in [0, 0.05) is 6.20 Å². The normalized spacial score (nSPS) is 17.7. The molecule has 0 saturated heterocycles. The van der Waals surface area contributed by atoms with Crippen molar-refractivity contribution in [3.63, 3.8) is 0 Å². The van der Waals surface area contributed by atoms with E-state index in [9.17, 15) is 0 Å². The van der Waals surface area contributed by atoms with E-state index in [4.69, 9.17) is 9.72 Å². The first kappa shape index (κ1) is 33.0. The predicted octanol–water partition coefficient (Wildman–Crippen LogP) is 10.8. The molecule has 0 amide bonds. The number of nitrogens with zero attached hydrogens (tertiary/aromatic N) is 4. The zero-order chi connectivity index (χ0) is 35.5. The summed E-state index contributed by atoms with van der Waals surface area (Å²) >= 11 is 2.38. The van der Waals surface area contributed by atoms with Gasteiger partial charge in [0.15, 0.2) is 0 Å². The standard InChI is InChI=1S/C44H44N4O.Pt/c1-28-20-21-45-40(22-28)48-38-24-31(49-30-15-13-14-29(23-30)47-27-46(10)36-16-11-12-17-37(36)47)18-19-32(38)41(2,3)35-25-33-34(26-39(35)48)43(6,7)44(8,9)42(33,4)5;/h11-22,25-26H,1-10H3;/q-2;. The van der Waals surface area contributed by atoms with E-state index in [0.717, 1.165) is 43.3 Å². The molecule has 50 heavy (non-hydrogen) atoms. The van der Waals surface area contributed by atoms with E-state index in [0.29, 0.717) is 11.5 Å². The zero-order valence-corrected chi connectivity index (χ0v) is 32.9. The van der Waals surface area contributed by atoms with E-state index in [1.54, 1.807) is 0 Å². The molecule has 0 spiro atoms. The van der Waals surface area contributed by atoms with Crippen molar-refractivity contribution in [2.45, 2.75) is 78.6 Å². The second kappa shape index (κ2) is 10.9. The van der Waals surface area contributed by atoms with E-state index in [1.165, 1.54) is 22.3 Å². The van der Waals surface area contributed by atoms with Gasteiger partial charge in [-0.25, -0.2) is 0 Å². The number of fused-ring (bicyclic) bond motifs is 4. The topological polar surface area (TPSA) is 35.2 Å². The second-order valence-corrected chi connectivity index (χ2v) is 17.2. The van der Waals surface area contributed by atoms with Gasteiger partial charge in [-0.1, -0.05) is 47.6 Å². The van der Waals surface area contributed by atoms with E-state index in [2.05, 4.69) is 176 Å². The second-order valence-electron chi connectivity index (χ2n) is 16.2. The average Bonchev–Trinajstić information content (AvgIpc) is 3.38. The van der Waals surface area contributed by atoms with Gasteiger partial charge in [0.25, 0.3) is 0 Å². The van der Waals surface area contributed by atoms with Crippen molar-refractivity contribution in [3.8, 4) is 17.2 Å². The van der Waals surface area contributed by atoms with Crippen LogP contribution in [-0.4, -0.2) is 14.1 Å². The monoisotopic (exact) mass is 839 g/mol. The summed E-state index contributed by atoms with van der Waals surface area (Å²) in [7, 11) is 2.09. The molecule has 3 heterocycles. The summed E-state index contributed by atoms with van der Waals surface area (Å²) in [5.41, 5.74) is 11.6. The van der Waals surface area contributed by atoms with Crippen molar-refractivity contribution in [2.75, 3.05) is 4.90 Å². The summed E-state index contributed by atoms with van der Waals surface area (Å²) in [6.07, 6.45) is 1.90. The molecule has 6 heteroatoms. The molecule has 0 unspecified atom stereocenters. The Morgan fingerprint density at radius 1 is 0.700 bits per heavy atom. The van der Waals surface area contributed by atoms with Crippen molar-refractivity contribution in [1.82, 2.24) is 14.1 Å². The smallest absolute Gasteiger partial charge is 0.0582 e. The van der Waals surface area contributed by atoms with Gasteiger partial charge >= 0.3 is 209 Å². The Morgan fingerprint density at radius 3 is 2.10 bits per heavy atom. The predicted molar refractivity (Wildman–Crippen MR) is 199 cm³/mol. The van der Waals surface area contributed by atoms with Gasteiger partial charge in [0.2, 0.25) is 0 Å². The molecule has 0 atom stereocenters. The van der Waals surface area contributed by atoms with Gasteiger partial charge in [-0.15, -0.1) is 0 Å². The number of aromatic nitrogens is 3. The van der Waals surface area contributed by atoms with E-state index in [1.807, 2.05) is 24.4 Å². The molecule has 0 fully saturated rings. The van der Waals surface area contributed by atoms with Crippen LogP contribution in [0.2, 0.25) is 0 Å². The van der Waals surface area contributed by atoms with E-state index in [-0.39, 0.29) is 21.7 Å². The number of para-hydroxylation sites is 2. The molecule has 1 aliphatic carbocycles. The van der Waals surface area contributed by atoms with Crippen molar-refractivity contribution in [3.05, 3.63) is 129 Å². The van der Waals surface area contributed by atoms with Crippen LogP contribution in [0.5, 0.6) is 11.5 Å². The molecular weight excluding hydrogens is 796 g/mol. The van der Waals surface area contributed by atoms with Gasteiger partial charge in [-0.3, -0.25) is 0 Å². The number of hydrogen-bond donors (Lipinski definition) is 0. The Kier molecular flexibility index (Phi) is 7.18. The molecule has 4 aromatic carbocycles. The molecule has 258 valence electrons. The first-order valence-electron chi connectivity index (χ1n) is 17.4. The van der Waals surface area contributed by atoms with Crippen molar-refractivity contribution >= 4 is 28.2 Å². The van der Waals surface area contributed by atoms with Crippen LogP contribution in [0.25, 0.3) is 16.7 Å². The number of rotatable bonds is 4. The molecule has 5 nitrogen and oxygen atoms in total. The fourth-order valence-electron chi connectivity index (χ4n) is 8.35. The third-order valence-corrected chi connectivity index (χ3v) is 13.8. The molecule has 8 rings (SSSR count). The summed E-state index contributed by atoms with van der Waals surface area (Å²) in [4.78, 5) is 7.25. The minimum atomic E-state index is -0.282. The van der Waals surface area contributed by atoms with Crippen molar-refractivity contribution in [2.24, 2.45) is 12.5 Å². The van der Waals surface area contributed by atoms with Crippen LogP contribution in [0.3, 0.4) is 0 Å². The number of anilines is 3. The number of pyridine rings is 1. The zero-order valence-electron chi connectivity index (χ0n) is 30.6. The van der Waals surface area contributed by atoms with Crippen molar-refractivity contribution in [1.29, 1.82) is 0 Å². The Bertz CT molecular complexity index is 2430. The van der Waals surface area contributed by atoms with Crippen LogP contribution in [0.1, 0.15) is 83.2 Å². The molecule has 2 aliphatic rings. The molecule has 0 N–H and O–H groups in total. The number of hydrogen-bond acceptors (Lipinski definition) is 3. The first-order valence-corrected chi connectivity index (χ1v) is 18.5. The fourth-order valence-corrected chi connectivity index (χ4v) is 9.17.